The van der Waals surface area contributed by atoms with Crippen LogP contribution in [0, 0.1) is 12.8 Å². The predicted octanol–water partition coefficient (Wildman–Crippen LogP) is 3.95. The second-order valence-corrected chi connectivity index (χ2v) is 6.04. The Hall–Kier alpha value is -1.38. The fraction of sp³-hybridized carbons (Fsp3) is 0.474. The van der Waals surface area contributed by atoms with E-state index >= 15 is 0 Å². The number of rotatable bonds is 8. The SMILES string of the molecule is Cc1ccc2ccccc2c1CCOCCNCC(C)C. The summed E-state index contributed by atoms with van der Waals surface area (Å²) in [6.07, 6.45) is 0.983. The minimum Gasteiger partial charge on any atom is -0.380 e. The molecule has 0 saturated heterocycles. The minimum atomic E-state index is 0.698. The van der Waals surface area contributed by atoms with Crippen LogP contribution < -0.4 is 5.32 Å². The monoisotopic (exact) mass is 285 g/mol. The van der Waals surface area contributed by atoms with E-state index in [-0.39, 0.29) is 0 Å². The first-order valence-electron chi connectivity index (χ1n) is 7.94. The Balaban J connectivity index is 1.82. The Morgan fingerprint density at radius 3 is 2.67 bits per heavy atom. The van der Waals surface area contributed by atoms with Crippen molar-refractivity contribution in [1.29, 1.82) is 0 Å². The zero-order valence-electron chi connectivity index (χ0n) is 13.5. The number of ether oxygens (including phenoxy) is 1. The van der Waals surface area contributed by atoms with Gasteiger partial charge >= 0.3 is 0 Å². The van der Waals surface area contributed by atoms with E-state index in [1.165, 1.54) is 21.9 Å². The first-order valence-corrected chi connectivity index (χ1v) is 7.94. The van der Waals surface area contributed by atoms with Gasteiger partial charge in [-0.1, -0.05) is 50.2 Å². The molecule has 0 spiro atoms. The zero-order chi connectivity index (χ0) is 15.1. The van der Waals surface area contributed by atoms with E-state index in [9.17, 15) is 0 Å². The molecule has 0 aliphatic rings. The van der Waals surface area contributed by atoms with E-state index < -0.39 is 0 Å². The molecule has 0 saturated carbocycles. The minimum absolute atomic E-state index is 0.698. The molecular formula is C19H27NO. The molecular weight excluding hydrogens is 258 g/mol. The smallest absolute Gasteiger partial charge is 0.0591 e. The van der Waals surface area contributed by atoms with Crippen molar-refractivity contribution in [3.05, 3.63) is 47.5 Å². The van der Waals surface area contributed by atoms with E-state index in [1.807, 2.05) is 0 Å². The molecule has 114 valence electrons. The summed E-state index contributed by atoms with van der Waals surface area (Å²) in [6.45, 7) is 10.2. The molecule has 2 heteroatoms. The van der Waals surface area contributed by atoms with Crippen LogP contribution in [0.1, 0.15) is 25.0 Å². The van der Waals surface area contributed by atoms with Gasteiger partial charge in [0.25, 0.3) is 0 Å². The van der Waals surface area contributed by atoms with E-state index in [4.69, 9.17) is 4.74 Å². The van der Waals surface area contributed by atoms with Gasteiger partial charge in [-0.3, -0.25) is 0 Å². The summed E-state index contributed by atoms with van der Waals surface area (Å²) >= 11 is 0. The van der Waals surface area contributed by atoms with E-state index in [0.29, 0.717) is 5.92 Å². The van der Waals surface area contributed by atoms with Gasteiger partial charge < -0.3 is 10.1 Å². The second kappa shape index (κ2) is 8.16. The maximum Gasteiger partial charge on any atom is 0.0591 e. The molecule has 0 aliphatic carbocycles. The van der Waals surface area contributed by atoms with Crippen LogP contribution in [0.25, 0.3) is 10.8 Å². The fourth-order valence-corrected chi connectivity index (χ4v) is 2.59. The summed E-state index contributed by atoms with van der Waals surface area (Å²) in [5.74, 6) is 0.698. The number of aryl methyl sites for hydroxylation is 1. The highest BCUT2D eigenvalue weighted by atomic mass is 16.5. The first-order chi connectivity index (χ1) is 10.2. The highest BCUT2D eigenvalue weighted by Crippen LogP contribution is 2.22. The fourth-order valence-electron chi connectivity index (χ4n) is 2.59. The quantitative estimate of drug-likeness (QED) is 0.741. The molecule has 2 nitrogen and oxygen atoms in total. The second-order valence-electron chi connectivity index (χ2n) is 6.04. The third-order valence-electron chi connectivity index (χ3n) is 3.75. The molecule has 0 amide bonds. The number of hydrogen-bond donors (Lipinski definition) is 1. The molecule has 2 aromatic carbocycles. The van der Waals surface area contributed by atoms with Crippen molar-refractivity contribution >= 4 is 10.8 Å². The third-order valence-corrected chi connectivity index (χ3v) is 3.75. The summed E-state index contributed by atoms with van der Waals surface area (Å²) in [5, 5.41) is 6.08. The summed E-state index contributed by atoms with van der Waals surface area (Å²) in [7, 11) is 0. The van der Waals surface area contributed by atoms with Crippen molar-refractivity contribution < 1.29 is 4.74 Å². The van der Waals surface area contributed by atoms with Crippen LogP contribution in [0.2, 0.25) is 0 Å². The molecule has 0 bridgehead atoms. The molecule has 1 N–H and O–H groups in total. The predicted molar refractivity (Wildman–Crippen MR) is 90.9 cm³/mol. The van der Waals surface area contributed by atoms with E-state index in [1.54, 1.807) is 0 Å². The van der Waals surface area contributed by atoms with Crippen LogP contribution in [0.15, 0.2) is 36.4 Å². The summed E-state index contributed by atoms with van der Waals surface area (Å²) < 4.78 is 5.76. The topological polar surface area (TPSA) is 21.3 Å². The van der Waals surface area contributed by atoms with Gasteiger partial charge in [-0.2, -0.15) is 0 Å². The molecule has 0 radical (unpaired) electrons. The van der Waals surface area contributed by atoms with Gasteiger partial charge in [-0.05, 0) is 47.7 Å². The lowest BCUT2D eigenvalue weighted by molar-refractivity contribution is 0.138. The highest BCUT2D eigenvalue weighted by molar-refractivity contribution is 5.86. The molecule has 2 rings (SSSR count). The molecule has 21 heavy (non-hydrogen) atoms. The van der Waals surface area contributed by atoms with Crippen molar-refractivity contribution in [2.75, 3.05) is 26.3 Å². The average molecular weight is 285 g/mol. The Bertz CT molecular complexity index is 562. The lowest BCUT2D eigenvalue weighted by atomic mass is 9.98. The Kier molecular flexibility index (Phi) is 6.21. The van der Waals surface area contributed by atoms with Gasteiger partial charge in [0.05, 0.1) is 13.2 Å². The van der Waals surface area contributed by atoms with Gasteiger partial charge in [-0.15, -0.1) is 0 Å². The zero-order valence-corrected chi connectivity index (χ0v) is 13.5. The highest BCUT2D eigenvalue weighted by Gasteiger charge is 2.04. The molecule has 0 heterocycles. The summed E-state index contributed by atoms with van der Waals surface area (Å²) in [4.78, 5) is 0. The number of nitrogens with one attached hydrogen (secondary N) is 1. The van der Waals surface area contributed by atoms with Crippen molar-refractivity contribution in [2.24, 2.45) is 5.92 Å². The van der Waals surface area contributed by atoms with Gasteiger partial charge in [-0.25, -0.2) is 0 Å². The van der Waals surface area contributed by atoms with Gasteiger partial charge in [0.2, 0.25) is 0 Å². The molecule has 0 aromatic heterocycles. The Morgan fingerprint density at radius 1 is 1.05 bits per heavy atom. The van der Waals surface area contributed by atoms with Crippen LogP contribution in [0.5, 0.6) is 0 Å². The van der Waals surface area contributed by atoms with Crippen LogP contribution in [-0.2, 0) is 11.2 Å². The normalized spacial score (nSPS) is 11.4. The Labute approximate surface area is 128 Å². The summed E-state index contributed by atoms with van der Waals surface area (Å²) in [5.41, 5.74) is 2.78. The summed E-state index contributed by atoms with van der Waals surface area (Å²) in [6, 6.07) is 13.0. The Morgan fingerprint density at radius 2 is 1.86 bits per heavy atom. The first kappa shape index (κ1) is 16.0. The molecule has 0 atom stereocenters. The van der Waals surface area contributed by atoms with Crippen LogP contribution >= 0.6 is 0 Å². The van der Waals surface area contributed by atoms with Gasteiger partial charge in [0.1, 0.15) is 0 Å². The van der Waals surface area contributed by atoms with E-state index in [2.05, 4.69) is 62.5 Å². The molecule has 2 aromatic rings. The van der Waals surface area contributed by atoms with Crippen molar-refractivity contribution in [3.63, 3.8) is 0 Å². The van der Waals surface area contributed by atoms with Crippen LogP contribution in [-0.4, -0.2) is 26.3 Å². The van der Waals surface area contributed by atoms with Gasteiger partial charge in [0, 0.05) is 6.54 Å². The van der Waals surface area contributed by atoms with Crippen molar-refractivity contribution in [1.82, 2.24) is 5.32 Å². The maximum absolute atomic E-state index is 5.76. The molecule has 0 fully saturated rings. The number of hydrogen-bond acceptors (Lipinski definition) is 2. The number of fused-ring (bicyclic) bond motifs is 1. The van der Waals surface area contributed by atoms with Crippen LogP contribution in [0.3, 0.4) is 0 Å². The third kappa shape index (κ3) is 4.83. The maximum atomic E-state index is 5.76. The lowest BCUT2D eigenvalue weighted by Crippen LogP contribution is -2.24. The lowest BCUT2D eigenvalue weighted by Gasteiger charge is -2.11. The molecule has 0 aliphatic heterocycles. The average Bonchev–Trinajstić information content (AvgIpc) is 2.48. The number of benzene rings is 2. The largest absolute Gasteiger partial charge is 0.380 e. The van der Waals surface area contributed by atoms with E-state index in [0.717, 1.165) is 32.7 Å². The standard InChI is InChI=1S/C19H27NO/c1-15(2)14-20-11-13-21-12-10-18-16(3)8-9-17-6-4-5-7-19(17)18/h4-9,15,20H,10-14H2,1-3H3. The van der Waals surface area contributed by atoms with Crippen molar-refractivity contribution in [2.45, 2.75) is 27.2 Å². The van der Waals surface area contributed by atoms with Crippen molar-refractivity contribution in [3.8, 4) is 0 Å². The van der Waals surface area contributed by atoms with Crippen LogP contribution in [0.4, 0.5) is 0 Å². The van der Waals surface area contributed by atoms with Gasteiger partial charge in [0.15, 0.2) is 0 Å². The molecule has 0 unspecified atom stereocenters.